The average molecular weight is 112 g/mol. The van der Waals surface area contributed by atoms with Crippen LogP contribution in [0.1, 0.15) is 6.42 Å². The van der Waals surface area contributed by atoms with Crippen LogP contribution in [0.5, 0.6) is 0 Å². The molecule has 0 aromatic rings. The third kappa shape index (κ3) is 0.808. The van der Waals surface area contributed by atoms with E-state index in [0.29, 0.717) is 6.42 Å². The molecule has 0 spiro atoms. The van der Waals surface area contributed by atoms with Crippen molar-refractivity contribution in [1.82, 2.24) is 5.32 Å². The lowest BCUT2D eigenvalue weighted by Gasteiger charge is -2.01. The van der Waals surface area contributed by atoms with Gasteiger partial charge in [-0.05, 0) is 13.0 Å². The van der Waals surface area contributed by atoms with E-state index in [1.165, 1.54) is 0 Å². The molecule has 2 atom stereocenters. The number of aliphatic hydroxyl groups excluding tert-OH is 1. The maximum atomic E-state index is 8.90. The maximum Gasteiger partial charge on any atom is 0.122 e. The van der Waals surface area contributed by atoms with E-state index in [9.17, 15) is 0 Å². The van der Waals surface area contributed by atoms with Crippen LogP contribution in [0.15, 0.2) is 0 Å². The molecule has 1 saturated heterocycles. The summed E-state index contributed by atoms with van der Waals surface area (Å²) in [6.45, 7) is 0.763. The monoisotopic (exact) mass is 112 g/mol. The Morgan fingerprint density at radius 1 is 1.75 bits per heavy atom. The normalized spacial score (nSPS) is 37.0. The second-order valence-electron chi connectivity index (χ2n) is 1.92. The highest BCUT2D eigenvalue weighted by atomic mass is 16.3. The summed E-state index contributed by atoms with van der Waals surface area (Å²) >= 11 is 0. The number of hydrogen-bond acceptors (Lipinski definition) is 3. The molecule has 0 aliphatic carbocycles. The molecule has 3 nitrogen and oxygen atoms in total. The summed E-state index contributed by atoms with van der Waals surface area (Å²) in [5.74, 6) is 0. The average Bonchev–Trinajstić information content (AvgIpc) is 2.14. The molecule has 0 aromatic carbocycles. The highest BCUT2D eigenvalue weighted by Gasteiger charge is 2.23. The Bertz CT molecular complexity index is 118. The zero-order valence-corrected chi connectivity index (χ0v) is 4.46. The quantitative estimate of drug-likeness (QED) is 0.432. The number of aliphatic hydroxyl groups is 1. The van der Waals surface area contributed by atoms with Gasteiger partial charge in [0.2, 0.25) is 0 Å². The molecule has 8 heavy (non-hydrogen) atoms. The third-order valence-corrected chi connectivity index (χ3v) is 1.33. The van der Waals surface area contributed by atoms with Crippen LogP contribution < -0.4 is 5.32 Å². The first-order valence-corrected chi connectivity index (χ1v) is 2.65. The molecule has 3 heteroatoms. The first-order chi connectivity index (χ1) is 3.84. The van der Waals surface area contributed by atoms with Gasteiger partial charge in [0.05, 0.1) is 12.2 Å². The molecule has 0 amide bonds. The van der Waals surface area contributed by atoms with Crippen molar-refractivity contribution in [2.75, 3.05) is 6.54 Å². The highest BCUT2D eigenvalue weighted by molar-refractivity contribution is 4.99. The largest absolute Gasteiger partial charge is 0.390 e. The van der Waals surface area contributed by atoms with E-state index in [4.69, 9.17) is 10.4 Å². The molecular weight excluding hydrogens is 104 g/mol. The van der Waals surface area contributed by atoms with E-state index in [2.05, 4.69) is 5.32 Å². The van der Waals surface area contributed by atoms with Crippen molar-refractivity contribution in [3.63, 3.8) is 0 Å². The zero-order chi connectivity index (χ0) is 5.98. The summed E-state index contributed by atoms with van der Waals surface area (Å²) in [4.78, 5) is 0. The lowest BCUT2D eigenvalue weighted by atomic mass is 10.2. The maximum absolute atomic E-state index is 8.90. The predicted octanol–water partition coefficient (Wildman–Crippen LogP) is -0.767. The zero-order valence-electron chi connectivity index (χ0n) is 4.46. The van der Waals surface area contributed by atoms with E-state index in [1.54, 1.807) is 0 Å². The van der Waals surface area contributed by atoms with Crippen molar-refractivity contribution < 1.29 is 5.11 Å². The topological polar surface area (TPSA) is 56.0 Å². The van der Waals surface area contributed by atoms with Gasteiger partial charge in [-0.1, -0.05) is 0 Å². The van der Waals surface area contributed by atoms with Crippen LogP contribution in [-0.2, 0) is 0 Å². The molecule has 1 rings (SSSR count). The van der Waals surface area contributed by atoms with Crippen LogP contribution in [0.3, 0.4) is 0 Å². The van der Waals surface area contributed by atoms with Gasteiger partial charge in [-0.2, -0.15) is 5.26 Å². The number of nitriles is 1. The van der Waals surface area contributed by atoms with Gasteiger partial charge in [0.15, 0.2) is 0 Å². The SMILES string of the molecule is N#C[C@H]1NCC[C@@H]1O. The summed E-state index contributed by atoms with van der Waals surface area (Å²) in [6.07, 6.45) is 0.262. The minimum atomic E-state index is -0.444. The van der Waals surface area contributed by atoms with Crippen molar-refractivity contribution in [2.24, 2.45) is 0 Å². The van der Waals surface area contributed by atoms with Gasteiger partial charge in [0.1, 0.15) is 6.04 Å². The van der Waals surface area contributed by atoms with Crippen molar-refractivity contribution in [1.29, 1.82) is 5.26 Å². The highest BCUT2D eigenvalue weighted by Crippen LogP contribution is 2.03. The van der Waals surface area contributed by atoms with Crippen LogP contribution in [0, 0.1) is 11.3 Å². The van der Waals surface area contributed by atoms with Crippen molar-refractivity contribution in [2.45, 2.75) is 18.6 Å². The van der Waals surface area contributed by atoms with Gasteiger partial charge in [0.25, 0.3) is 0 Å². The van der Waals surface area contributed by atoms with Crippen LogP contribution in [-0.4, -0.2) is 23.8 Å². The number of nitrogens with one attached hydrogen (secondary N) is 1. The molecular formula is C5H8N2O. The van der Waals surface area contributed by atoms with Crippen molar-refractivity contribution in [3.05, 3.63) is 0 Å². The van der Waals surface area contributed by atoms with Gasteiger partial charge in [0, 0.05) is 0 Å². The van der Waals surface area contributed by atoms with E-state index in [1.807, 2.05) is 6.07 Å². The Labute approximate surface area is 47.9 Å². The Morgan fingerprint density at radius 3 is 2.75 bits per heavy atom. The Balaban J connectivity index is 2.45. The fraction of sp³-hybridized carbons (Fsp3) is 0.800. The van der Waals surface area contributed by atoms with Crippen LogP contribution in [0.4, 0.5) is 0 Å². The predicted molar refractivity (Wildman–Crippen MR) is 28.0 cm³/mol. The number of rotatable bonds is 0. The van der Waals surface area contributed by atoms with Gasteiger partial charge in [-0.15, -0.1) is 0 Å². The smallest absolute Gasteiger partial charge is 0.122 e. The molecule has 0 saturated carbocycles. The summed E-state index contributed by atoms with van der Waals surface area (Å²) in [6, 6.07) is 1.63. The summed E-state index contributed by atoms with van der Waals surface area (Å²) in [7, 11) is 0. The molecule has 1 aliphatic rings. The van der Waals surface area contributed by atoms with Gasteiger partial charge < -0.3 is 5.11 Å². The first kappa shape index (κ1) is 5.54. The molecule has 0 bridgehead atoms. The first-order valence-electron chi connectivity index (χ1n) is 2.65. The Morgan fingerprint density at radius 2 is 2.50 bits per heavy atom. The molecule has 2 N–H and O–H groups in total. The second-order valence-corrected chi connectivity index (χ2v) is 1.92. The fourth-order valence-corrected chi connectivity index (χ4v) is 0.821. The molecule has 1 aliphatic heterocycles. The van der Waals surface area contributed by atoms with Gasteiger partial charge in [-0.3, -0.25) is 5.32 Å². The van der Waals surface area contributed by atoms with Gasteiger partial charge in [-0.25, -0.2) is 0 Å². The van der Waals surface area contributed by atoms with E-state index < -0.39 is 6.10 Å². The second kappa shape index (κ2) is 2.12. The minimum Gasteiger partial charge on any atom is -0.390 e. The Kier molecular flexibility index (Phi) is 1.47. The molecule has 1 fully saturated rings. The van der Waals surface area contributed by atoms with Gasteiger partial charge >= 0.3 is 0 Å². The lowest BCUT2D eigenvalue weighted by Crippen LogP contribution is -2.27. The summed E-state index contributed by atoms with van der Waals surface area (Å²) < 4.78 is 0. The minimum absolute atomic E-state index is 0.324. The third-order valence-electron chi connectivity index (χ3n) is 1.33. The van der Waals surface area contributed by atoms with Crippen LogP contribution >= 0.6 is 0 Å². The molecule has 0 radical (unpaired) electrons. The number of nitrogens with zero attached hydrogens (tertiary/aromatic N) is 1. The van der Waals surface area contributed by atoms with Crippen molar-refractivity contribution >= 4 is 0 Å². The molecule has 44 valence electrons. The molecule has 0 aromatic heterocycles. The summed E-state index contributed by atoms with van der Waals surface area (Å²) in [5, 5.41) is 20.0. The summed E-state index contributed by atoms with van der Waals surface area (Å²) in [5.41, 5.74) is 0. The number of hydrogen-bond donors (Lipinski definition) is 2. The van der Waals surface area contributed by atoms with Crippen LogP contribution in [0.25, 0.3) is 0 Å². The Hall–Kier alpha value is -0.590. The van der Waals surface area contributed by atoms with E-state index in [-0.39, 0.29) is 6.04 Å². The molecule has 1 heterocycles. The molecule has 0 unspecified atom stereocenters. The fourth-order valence-electron chi connectivity index (χ4n) is 0.821. The van der Waals surface area contributed by atoms with E-state index in [0.717, 1.165) is 6.54 Å². The van der Waals surface area contributed by atoms with Crippen LogP contribution in [0.2, 0.25) is 0 Å². The standard InChI is InChI=1S/C5H8N2O/c6-3-4-5(8)1-2-7-4/h4-5,7-8H,1-2H2/t4-,5+/m1/s1. The lowest BCUT2D eigenvalue weighted by molar-refractivity contribution is 0.177. The van der Waals surface area contributed by atoms with Crippen molar-refractivity contribution in [3.8, 4) is 6.07 Å². The van der Waals surface area contributed by atoms with E-state index >= 15 is 0 Å².